The lowest BCUT2D eigenvalue weighted by atomic mass is 9.97. The second-order valence-electron chi connectivity index (χ2n) is 8.95. The molecule has 6 nitrogen and oxygen atoms in total. The molecule has 2 unspecified atom stereocenters. The normalized spacial score (nSPS) is 16.3. The fraction of sp³-hybridized carbons (Fsp3) is 0.429. The number of aryl methyl sites for hydroxylation is 1. The van der Waals surface area contributed by atoms with Crippen LogP contribution in [0.1, 0.15) is 38.3 Å². The van der Waals surface area contributed by atoms with Gasteiger partial charge in [0.05, 0.1) is 0 Å². The van der Waals surface area contributed by atoms with Crippen LogP contribution in [0.25, 0.3) is 6.08 Å². The average Bonchev–Trinajstić information content (AvgIpc) is 2.88. The van der Waals surface area contributed by atoms with E-state index in [9.17, 15) is 9.59 Å². The topological polar surface area (TPSA) is 64.7 Å². The molecule has 0 aliphatic carbocycles. The Balaban J connectivity index is 1.51. The summed E-state index contributed by atoms with van der Waals surface area (Å²) in [5, 5.41) is 5.81. The van der Waals surface area contributed by atoms with E-state index in [1.54, 1.807) is 0 Å². The van der Waals surface area contributed by atoms with Crippen LogP contribution in [0.4, 0.5) is 10.5 Å². The van der Waals surface area contributed by atoms with Crippen molar-refractivity contribution in [3.8, 4) is 0 Å². The molecule has 3 rings (SSSR count). The van der Waals surface area contributed by atoms with Gasteiger partial charge in [0.1, 0.15) is 6.04 Å². The predicted molar refractivity (Wildman–Crippen MR) is 140 cm³/mol. The first-order valence-electron chi connectivity index (χ1n) is 12.4. The van der Waals surface area contributed by atoms with E-state index in [-0.39, 0.29) is 17.9 Å². The van der Waals surface area contributed by atoms with Crippen molar-refractivity contribution in [3.63, 3.8) is 0 Å². The summed E-state index contributed by atoms with van der Waals surface area (Å²) in [7, 11) is 0. The molecule has 1 saturated heterocycles. The molecular formula is C28H38N4O2. The Morgan fingerprint density at radius 1 is 0.971 bits per heavy atom. The lowest BCUT2D eigenvalue weighted by Gasteiger charge is -2.37. The molecule has 182 valence electrons. The summed E-state index contributed by atoms with van der Waals surface area (Å²) in [5.41, 5.74) is 3.13. The largest absolute Gasteiger partial charge is 0.338 e. The van der Waals surface area contributed by atoms with Crippen LogP contribution in [0, 0.1) is 5.92 Å². The molecule has 2 atom stereocenters. The lowest BCUT2D eigenvalue weighted by molar-refractivity contribution is -0.136. The standard InChI is InChI=1S/C28H38N4O2/c1-4-22(3)26(30-28(34)29-25-15-13-23(5-2)14-16-25)27(33)32-20-18-31(19-21-32)17-9-12-24-10-7-6-8-11-24/h6-16,22,26H,4-5,17-21H2,1-3H3,(H2,29,30,34)/b12-9+. The Hall–Kier alpha value is -3.12. The van der Waals surface area contributed by atoms with Crippen LogP contribution in [0.15, 0.2) is 60.7 Å². The van der Waals surface area contributed by atoms with Gasteiger partial charge < -0.3 is 15.5 Å². The Morgan fingerprint density at radius 2 is 1.65 bits per heavy atom. The first kappa shape index (κ1) is 25.5. The number of piperazine rings is 1. The van der Waals surface area contributed by atoms with Gasteiger partial charge in [0.2, 0.25) is 5.91 Å². The maximum atomic E-state index is 13.3. The minimum Gasteiger partial charge on any atom is -0.338 e. The van der Waals surface area contributed by atoms with Crippen molar-refractivity contribution in [2.75, 3.05) is 38.0 Å². The Bertz CT molecular complexity index is 935. The third-order valence-corrected chi connectivity index (χ3v) is 6.54. The summed E-state index contributed by atoms with van der Waals surface area (Å²) < 4.78 is 0. The van der Waals surface area contributed by atoms with Crippen molar-refractivity contribution in [1.29, 1.82) is 0 Å². The van der Waals surface area contributed by atoms with Gasteiger partial charge in [0.25, 0.3) is 0 Å². The van der Waals surface area contributed by atoms with Gasteiger partial charge in [-0.3, -0.25) is 9.69 Å². The maximum Gasteiger partial charge on any atom is 0.319 e. The zero-order chi connectivity index (χ0) is 24.3. The van der Waals surface area contributed by atoms with Crippen LogP contribution in [0.3, 0.4) is 0 Å². The maximum absolute atomic E-state index is 13.3. The third-order valence-electron chi connectivity index (χ3n) is 6.54. The Morgan fingerprint density at radius 3 is 2.26 bits per heavy atom. The molecule has 6 heteroatoms. The van der Waals surface area contributed by atoms with Crippen LogP contribution >= 0.6 is 0 Å². The van der Waals surface area contributed by atoms with E-state index < -0.39 is 6.04 Å². The molecule has 34 heavy (non-hydrogen) atoms. The third kappa shape index (κ3) is 7.45. The van der Waals surface area contributed by atoms with Crippen LogP contribution in [0.2, 0.25) is 0 Å². The van der Waals surface area contributed by atoms with Gasteiger partial charge in [0.15, 0.2) is 0 Å². The predicted octanol–water partition coefficient (Wildman–Crippen LogP) is 4.64. The Kier molecular flexibility index (Phi) is 9.71. The first-order chi connectivity index (χ1) is 16.5. The van der Waals surface area contributed by atoms with Gasteiger partial charge in [0, 0.05) is 38.4 Å². The molecule has 0 aromatic heterocycles. The average molecular weight is 463 g/mol. The van der Waals surface area contributed by atoms with Gasteiger partial charge in [-0.25, -0.2) is 4.79 Å². The number of amides is 3. The summed E-state index contributed by atoms with van der Waals surface area (Å²) >= 11 is 0. The van der Waals surface area contributed by atoms with Crippen LogP contribution in [-0.4, -0.2) is 60.5 Å². The molecule has 0 radical (unpaired) electrons. The van der Waals surface area contributed by atoms with Crippen molar-refractivity contribution in [2.45, 2.75) is 39.7 Å². The number of hydrogen-bond donors (Lipinski definition) is 2. The van der Waals surface area contributed by atoms with Gasteiger partial charge >= 0.3 is 6.03 Å². The van der Waals surface area contributed by atoms with Crippen molar-refractivity contribution >= 4 is 23.7 Å². The fourth-order valence-electron chi connectivity index (χ4n) is 4.06. The van der Waals surface area contributed by atoms with E-state index in [2.05, 4.69) is 46.7 Å². The minimum absolute atomic E-state index is 0.00492. The van der Waals surface area contributed by atoms with Crippen LogP contribution < -0.4 is 10.6 Å². The first-order valence-corrected chi connectivity index (χ1v) is 12.4. The summed E-state index contributed by atoms with van der Waals surface area (Å²) in [6, 6.07) is 17.2. The van der Waals surface area contributed by atoms with Gasteiger partial charge in [-0.15, -0.1) is 0 Å². The highest BCUT2D eigenvalue weighted by Gasteiger charge is 2.31. The number of nitrogens with zero attached hydrogens (tertiary/aromatic N) is 2. The SMILES string of the molecule is CCc1ccc(NC(=O)NC(C(=O)N2CCN(C/C=C/c3ccccc3)CC2)C(C)CC)cc1. The second kappa shape index (κ2) is 12.9. The molecule has 1 aliphatic heterocycles. The smallest absolute Gasteiger partial charge is 0.319 e. The van der Waals surface area contributed by atoms with Crippen molar-refractivity contribution in [1.82, 2.24) is 15.1 Å². The van der Waals surface area contributed by atoms with Gasteiger partial charge in [-0.2, -0.15) is 0 Å². The summed E-state index contributed by atoms with van der Waals surface area (Å²) in [4.78, 5) is 30.2. The number of carbonyl (C=O) groups excluding carboxylic acids is 2. The van der Waals surface area contributed by atoms with E-state index in [4.69, 9.17) is 0 Å². The molecule has 2 aromatic rings. The van der Waals surface area contributed by atoms with Crippen LogP contribution in [-0.2, 0) is 11.2 Å². The molecular weight excluding hydrogens is 424 g/mol. The number of anilines is 1. The fourth-order valence-corrected chi connectivity index (χ4v) is 4.06. The van der Waals surface area contributed by atoms with E-state index in [1.807, 2.05) is 61.2 Å². The molecule has 0 spiro atoms. The molecule has 2 N–H and O–H groups in total. The number of urea groups is 1. The zero-order valence-corrected chi connectivity index (χ0v) is 20.7. The minimum atomic E-state index is -0.538. The highest BCUT2D eigenvalue weighted by Crippen LogP contribution is 2.15. The van der Waals surface area contributed by atoms with Crippen molar-refractivity contribution < 1.29 is 9.59 Å². The lowest BCUT2D eigenvalue weighted by Crippen LogP contribution is -2.57. The van der Waals surface area contributed by atoms with E-state index >= 15 is 0 Å². The number of rotatable bonds is 9. The molecule has 0 bridgehead atoms. The summed E-state index contributed by atoms with van der Waals surface area (Å²) in [5.74, 6) is 0.0536. The van der Waals surface area contributed by atoms with Gasteiger partial charge in [-0.1, -0.05) is 81.8 Å². The van der Waals surface area contributed by atoms with E-state index in [0.29, 0.717) is 13.1 Å². The molecule has 1 heterocycles. The van der Waals surface area contributed by atoms with E-state index in [1.165, 1.54) is 11.1 Å². The van der Waals surface area contributed by atoms with Crippen LogP contribution in [0.5, 0.6) is 0 Å². The molecule has 1 aliphatic rings. The molecule has 3 amide bonds. The zero-order valence-electron chi connectivity index (χ0n) is 20.7. The Labute approximate surface area is 204 Å². The number of hydrogen-bond acceptors (Lipinski definition) is 3. The number of nitrogens with one attached hydrogen (secondary N) is 2. The second-order valence-corrected chi connectivity index (χ2v) is 8.95. The molecule has 0 saturated carbocycles. The summed E-state index contributed by atoms with van der Waals surface area (Å²) in [6.45, 7) is 10.0. The van der Waals surface area contributed by atoms with Crippen molar-refractivity contribution in [3.05, 3.63) is 71.8 Å². The summed E-state index contributed by atoms with van der Waals surface area (Å²) in [6.07, 6.45) is 6.07. The number of benzene rings is 2. The van der Waals surface area contributed by atoms with Crippen molar-refractivity contribution in [2.24, 2.45) is 5.92 Å². The number of carbonyl (C=O) groups is 2. The molecule has 1 fully saturated rings. The van der Waals surface area contributed by atoms with E-state index in [0.717, 1.165) is 38.2 Å². The molecule has 2 aromatic carbocycles. The highest BCUT2D eigenvalue weighted by atomic mass is 16.2. The highest BCUT2D eigenvalue weighted by molar-refractivity contribution is 5.93. The quantitative estimate of drug-likeness (QED) is 0.570. The monoisotopic (exact) mass is 462 g/mol. The van der Waals surface area contributed by atoms with Gasteiger partial charge in [-0.05, 0) is 35.6 Å².